The highest BCUT2D eigenvalue weighted by Crippen LogP contribution is 2.19. The van der Waals surface area contributed by atoms with Crippen LogP contribution in [0.15, 0.2) is 36.4 Å². The third-order valence-corrected chi connectivity index (χ3v) is 3.18. The molecule has 0 atom stereocenters. The van der Waals surface area contributed by atoms with Gasteiger partial charge >= 0.3 is 5.97 Å². The van der Waals surface area contributed by atoms with Crippen LogP contribution in [0, 0.1) is 0 Å². The molecule has 0 fully saturated rings. The van der Waals surface area contributed by atoms with Crippen LogP contribution >= 0.6 is 11.6 Å². The number of carboxylic acid groups (broad SMARTS) is 1. The highest BCUT2D eigenvalue weighted by Gasteiger charge is 2.12. The van der Waals surface area contributed by atoms with Gasteiger partial charge in [-0.2, -0.15) is 0 Å². The van der Waals surface area contributed by atoms with E-state index in [0.717, 1.165) is 11.3 Å². The van der Waals surface area contributed by atoms with Crippen molar-refractivity contribution in [3.05, 3.63) is 52.7 Å². The monoisotopic (exact) mass is 306 g/mol. The number of methoxy groups -OCH3 is 1. The van der Waals surface area contributed by atoms with Crippen LogP contribution in [0.2, 0.25) is 5.15 Å². The number of nitrogens with one attached hydrogen (secondary N) is 1. The molecule has 0 saturated carbocycles. The van der Waals surface area contributed by atoms with E-state index in [1.807, 2.05) is 24.3 Å². The summed E-state index contributed by atoms with van der Waals surface area (Å²) in [6.07, 6.45) is 0.678. The van der Waals surface area contributed by atoms with Crippen LogP contribution in [0.4, 0.5) is 5.82 Å². The summed E-state index contributed by atoms with van der Waals surface area (Å²) in [6.45, 7) is 0.522. The number of nitrogens with zero attached hydrogens (tertiary/aromatic N) is 1. The van der Waals surface area contributed by atoms with Gasteiger partial charge in [-0.25, -0.2) is 9.78 Å². The lowest BCUT2D eigenvalue weighted by Crippen LogP contribution is -2.11. The van der Waals surface area contributed by atoms with Gasteiger partial charge in [-0.1, -0.05) is 29.8 Å². The van der Waals surface area contributed by atoms with E-state index in [4.69, 9.17) is 21.4 Å². The molecular weight excluding hydrogens is 292 g/mol. The van der Waals surface area contributed by atoms with E-state index in [1.165, 1.54) is 12.1 Å². The van der Waals surface area contributed by atoms with Crippen LogP contribution in [0.3, 0.4) is 0 Å². The minimum atomic E-state index is -1.04. The largest absolute Gasteiger partial charge is 0.496 e. The van der Waals surface area contributed by atoms with Crippen molar-refractivity contribution in [1.82, 2.24) is 4.98 Å². The molecule has 0 aliphatic heterocycles. The second-order valence-corrected chi connectivity index (χ2v) is 4.71. The fourth-order valence-electron chi connectivity index (χ4n) is 1.97. The van der Waals surface area contributed by atoms with Crippen molar-refractivity contribution in [3.63, 3.8) is 0 Å². The normalized spacial score (nSPS) is 10.2. The zero-order valence-corrected chi connectivity index (χ0v) is 12.2. The Balaban J connectivity index is 2.07. The summed E-state index contributed by atoms with van der Waals surface area (Å²) in [5.74, 6) is 0.0284. The summed E-state index contributed by atoms with van der Waals surface area (Å²) in [5.41, 5.74) is 1.13. The molecule has 0 bridgehead atoms. The zero-order chi connectivity index (χ0) is 15.2. The van der Waals surface area contributed by atoms with Crippen molar-refractivity contribution < 1.29 is 14.6 Å². The number of hydrogen-bond acceptors (Lipinski definition) is 4. The number of aromatic carboxylic acids is 1. The fourth-order valence-corrected chi connectivity index (χ4v) is 2.12. The zero-order valence-electron chi connectivity index (χ0n) is 11.5. The topological polar surface area (TPSA) is 71.5 Å². The standard InChI is InChI=1S/C15H15ClN2O3/c1-21-12-5-3-2-4-10(12)8-9-17-14-11(15(19)20)6-7-13(16)18-14/h2-7H,8-9H2,1H3,(H,17,18)(H,19,20). The van der Waals surface area contributed by atoms with E-state index in [-0.39, 0.29) is 16.5 Å². The van der Waals surface area contributed by atoms with Crippen LogP contribution in [-0.2, 0) is 6.42 Å². The number of pyridine rings is 1. The molecule has 0 radical (unpaired) electrons. The Morgan fingerprint density at radius 1 is 1.33 bits per heavy atom. The maximum Gasteiger partial charge on any atom is 0.339 e. The Bertz CT molecular complexity index is 647. The molecule has 2 aromatic rings. The summed E-state index contributed by atoms with van der Waals surface area (Å²) in [6, 6.07) is 10.6. The molecule has 0 saturated heterocycles. The van der Waals surface area contributed by atoms with Crippen LogP contribution in [0.5, 0.6) is 5.75 Å². The van der Waals surface area contributed by atoms with Crippen molar-refractivity contribution >= 4 is 23.4 Å². The van der Waals surface area contributed by atoms with E-state index in [9.17, 15) is 4.79 Å². The summed E-state index contributed by atoms with van der Waals surface area (Å²) in [4.78, 5) is 15.1. The number of hydrogen-bond donors (Lipinski definition) is 2. The van der Waals surface area contributed by atoms with Gasteiger partial charge in [-0.05, 0) is 30.2 Å². The summed E-state index contributed by atoms with van der Waals surface area (Å²) in [5, 5.41) is 12.4. The van der Waals surface area contributed by atoms with Crippen molar-refractivity contribution in [2.45, 2.75) is 6.42 Å². The first-order valence-corrected chi connectivity index (χ1v) is 6.75. The Labute approximate surface area is 127 Å². The molecule has 1 aromatic heterocycles. The number of carbonyl (C=O) groups is 1. The van der Waals surface area contributed by atoms with Gasteiger partial charge < -0.3 is 15.2 Å². The molecule has 110 valence electrons. The Hall–Kier alpha value is -2.27. The third kappa shape index (κ3) is 3.86. The average molecular weight is 307 g/mol. The van der Waals surface area contributed by atoms with Gasteiger partial charge in [0, 0.05) is 6.54 Å². The van der Waals surface area contributed by atoms with Gasteiger partial charge in [0.05, 0.1) is 7.11 Å². The van der Waals surface area contributed by atoms with Crippen LogP contribution in [-0.4, -0.2) is 29.7 Å². The SMILES string of the molecule is COc1ccccc1CCNc1nc(Cl)ccc1C(=O)O. The van der Waals surface area contributed by atoms with Gasteiger partial charge in [0.25, 0.3) is 0 Å². The maximum atomic E-state index is 11.1. The lowest BCUT2D eigenvalue weighted by molar-refractivity contribution is 0.0697. The first kappa shape index (κ1) is 15.1. The van der Waals surface area contributed by atoms with E-state index >= 15 is 0 Å². The fraction of sp³-hybridized carbons (Fsp3) is 0.200. The minimum absolute atomic E-state index is 0.0967. The van der Waals surface area contributed by atoms with Crippen LogP contribution in [0.1, 0.15) is 15.9 Å². The maximum absolute atomic E-state index is 11.1. The van der Waals surface area contributed by atoms with E-state index in [1.54, 1.807) is 7.11 Å². The Morgan fingerprint density at radius 3 is 2.81 bits per heavy atom. The van der Waals surface area contributed by atoms with Gasteiger partial charge in [0.1, 0.15) is 22.3 Å². The van der Waals surface area contributed by atoms with Gasteiger partial charge in [-0.15, -0.1) is 0 Å². The Kier molecular flexibility index (Phi) is 5.00. The molecule has 0 spiro atoms. The Morgan fingerprint density at radius 2 is 2.10 bits per heavy atom. The predicted molar refractivity (Wildman–Crippen MR) is 81.4 cm³/mol. The van der Waals surface area contributed by atoms with Crippen molar-refractivity contribution in [2.24, 2.45) is 0 Å². The first-order chi connectivity index (χ1) is 10.1. The molecular formula is C15H15ClN2O3. The number of rotatable bonds is 6. The highest BCUT2D eigenvalue weighted by molar-refractivity contribution is 6.29. The van der Waals surface area contributed by atoms with Crippen molar-refractivity contribution in [2.75, 3.05) is 19.0 Å². The smallest absolute Gasteiger partial charge is 0.339 e. The van der Waals surface area contributed by atoms with E-state index < -0.39 is 5.97 Å². The predicted octanol–water partition coefficient (Wildman–Crippen LogP) is 3.10. The molecule has 0 aliphatic rings. The van der Waals surface area contributed by atoms with Gasteiger partial charge in [0.15, 0.2) is 0 Å². The molecule has 1 aromatic carbocycles. The molecule has 2 rings (SSSR count). The second kappa shape index (κ2) is 6.95. The summed E-state index contributed by atoms with van der Waals surface area (Å²) >= 11 is 5.80. The molecule has 2 N–H and O–H groups in total. The number of halogens is 1. The lowest BCUT2D eigenvalue weighted by atomic mass is 10.1. The molecule has 0 amide bonds. The number of ether oxygens (including phenoxy) is 1. The molecule has 6 heteroatoms. The quantitative estimate of drug-likeness (QED) is 0.802. The first-order valence-electron chi connectivity index (χ1n) is 6.37. The van der Waals surface area contributed by atoms with Crippen molar-refractivity contribution in [1.29, 1.82) is 0 Å². The number of anilines is 1. The van der Waals surface area contributed by atoms with Gasteiger partial charge in [0.2, 0.25) is 0 Å². The van der Waals surface area contributed by atoms with Crippen LogP contribution < -0.4 is 10.1 Å². The van der Waals surface area contributed by atoms with Gasteiger partial charge in [-0.3, -0.25) is 0 Å². The number of carboxylic acids is 1. The average Bonchev–Trinajstić information content (AvgIpc) is 2.47. The third-order valence-electron chi connectivity index (χ3n) is 2.97. The lowest BCUT2D eigenvalue weighted by Gasteiger charge is -2.11. The van der Waals surface area contributed by atoms with Crippen molar-refractivity contribution in [3.8, 4) is 5.75 Å². The number of aromatic nitrogens is 1. The summed E-state index contributed by atoms with van der Waals surface area (Å²) in [7, 11) is 1.62. The van der Waals surface area contributed by atoms with E-state index in [2.05, 4.69) is 10.3 Å². The summed E-state index contributed by atoms with van der Waals surface area (Å²) < 4.78 is 5.27. The number of benzene rings is 1. The molecule has 1 heterocycles. The molecule has 0 aliphatic carbocycles. The second-order valence-electron chi connectivity index (χ2n) is 4.32. The number of para-hydroxylation sites is 1. The molecule has 21 heavy (non-hydrogen) atoms. The highest BCUT2D eigenvalue weighted by atomic mass is 35.5. The van der Waals surface area contributed by atoms with Crippen LogP contribution in [0.25, 0.3) is 0 Å². The molecule has 0 unspecified atom stereocenters. The van der Waals surface area contributed by atoms with E-state index in [0.29, 0.717) is 13.0 Å². The molecule has 5 nitrogen and oxygen atoms in total. The minimum Gasteiger partial charge on any atom is -0.496 e.